The van der Waals surface area contributed by atoms with Crippen molar-refractivity contribution in [3.05, 3.63) is 23.8 Å². The van der Waals surface area contributed by atoms with Crippen molar-refractivity contribution in [3.63, 3.8) is 0 Å². The van der Waals surface area contributed by atoms with Gasteiger partial charge < -0.3 is 23.7 Å². The van der Waals surface area contributed by atoms with Gasteiger partial charge in [-0.05, 0) is 48.3 Å². The molecule has 1 aliphatic heterocycles. The van der Waals surface area contributed by atoms with Crippen LogP contribution < -0.4 is 14.8 Å². The Bertz CT molecular complexity index is 737. The second-order valence-electron chi connectivity index (χ2n) is 9.41. The third-order valence-electron chi connectivity index (χ3n) is 6.35. The van der Waals surface area contributed by atoms with Crippen LogP contribution in [0.5, 0.6) is 11.5 Å². The van der Waals surface area contributed by atoms with Crippen LogP contribution in [0, 0.1) is 17.8 Å². The molecule has 33 heavy (non-hydrogen) atoms. The van der Waals surface area contributed by atoms with Gasteiger partial charge in [-0.3, -0.25) is 5.32 Å². The molecule has 0 saturated heterocycles. The van der Waals surface area contributed by atoms with Crippen LogP contribution in [-0.2, 0) is 20.6 Å². The van der Waals surface area contributed by atoms with Gasteiger partial charge in [0, 0.05) is 27.2 Å². The molecule has 0 aromatic heterocycles. The van der Waals surface area contributed by atoms with Gasteiger partial charge in [-0.2, -0.15) is 0 Å². The van der Waals surface area contributed by atoms with E-state index < -0.39 is 0 Å². The summed E-state index contributed by atoms with van der Waals surface area (Å²) in [6, 6.07) is 6.28. The van der Waals surface area contributed by atoms with Gasteiger partial charge in [-0.25, -0.2) is 4.99 Å². The molecule has 0 saturated carbocycles. The lowest BCUT2D eigenvalue weighted by molar-refractivity contribution is 0.0257. The van der Waals surface area contributed by atoms with Crippen molar-refractivity contribution >= 4 is 5.90 Å². The highest BCUT2D eigenvalue weighted by Gasteiger charge is 2.36. The Balaban J connectivity index is 2.17. The highest BCUT2D eigenvalue weighted by atomic mass is 16.5. The maximum atomic E-state index is 5.99. The average molecular weight is 465 g/mol. The fraction of sp³-hybridized carbons (Fsp3) is 0.731. The first kappa shape index (κ1) is 27.4. The molecule has 0 radical (unpaired) electrons. The van der Waals surface area contributed by atoms with Crippen molar-refractivity contribution in [2.24, 2.45) is 22.7 Å². The number of benzene rings is 1. The summed E-state index contributed by atoms with van der Waals surface area (Å²) in [6.45, 7) is 10.1. The van der Waals surface area contributed by atoms with Crippen LogP contribution in [0.3, 0.4) is 0 Å². The number of nitrogens with zero attached hydrogens (tertiary/aromatic N) is 1. The van der Waals surface area contributed by atoms with E-state index >= 15 is 0 Å². The first-order valence-corrected chi connectivity index (χ1v) is 12.0. The predicted molar refractivity (Wildman–Crippen MR) is 132 cm³/mol. The molecular formula is C26H44N2O5. The molecule has 7 heteroatoms. The lowest BCUT2D eigenvalue weighted by Crippen LogP contribution is -2.56. The van der Waals surface area contributed by atoms with Gasteiger partial charge in [0.15, 0.2) is 11.5 Å². The molecule has 1 aromatic rings. The number of hydrogen-bond acceptors (Lipinski definition) is 7. The summed E-state index contributed by atoms with van der Waals surface area (Å²) in [6.07, 6.45) is 2.53. The van der Waals surface area contributed by atoms with Gasteiger partial charge in [-0.15, -0.1) is 0 Å². The quantitative estimate of drug-likeness (QED) is 0.438. The maximum absolute atomic E-state index is 5.99. The summed E-state index contributed by atoms with van der Waals surface area (Å²) in [5.41, 5.74) is 1.23. The molecule has 1 aromatic carbocycles. The van der Waals surface area contributed by atoms with Crippen molar-refractivity contribution < 1.29 is 23.7 Å². The first-order valence-electron chi connectivity index (χ1n) is 12.0. The van der Waals surface area contributed by atoms with Gasteiger partial charge in [0.05, 0.1) is 32.9 Å². The number of nitrogens with one attached hydrogen (secondary N) is 1. The molecule has 1 aliphatic rings. The van der Waals surface area contributed by atoms with Crippen LogP contribution in [0.25, 0.3) is 0 Å². The Labute approximate surface area is 200 Å². The fourth-order valence-corrected chi connectivity index (χ4v) is 4.28. The van der Waals surface area contributed by atoms with Crippen molar-refractivity contribution in [1.82, 2.24) is 5.32 Å². The Hall–Kier alpha value is -1.83. The number of hydrogen-bond donors (Lipinski definition) is 1. The summed E-state index contributed by atoms with van der Waals surface area (Å²) < 4.78 is 28.0. The van der Waals surface area contributed by atoms with E-state index in [9.17, 15) is 0 Å². The minimum atomic E-state index is -0.131. The first-order chi connectivity index (χ1) is 15.8. The molecule has 188 valence electrons. The molecule has 1 N–H and O–H groups in total. The molecule has 7 nitrogen and oxygen atoms in total. The van der Waals surface area contributed by atoms with Gasteiger partial charge >= 0.3 is 0 Å². The molecule has 1 unspecified atom stereocenters. The SMILES string of the molecule is COCCCOc1cc(C[C@@H](C[C@@H]2N=C(OC)[C@@H](C(C)C)NC2OC)C(C)C)ccc1OC. The number of rotatable bonds is 13. The number of aliphatic imine (C=N–C) groups is 1. The third-order valence-corrected chi connectivity index (χ3v) is 6.35. The standard InChI is InChI=1S/C26H44N2O5/c1-17(2)20(16-21-25(31-7)28-24(18(3)4)26(27-21)32-8)14-19-10-11-22(30-6)23(15-19)33-13-9-12-29-5/h10-11,15,17-18,20-21,24-25,28H,9,12-14,16H2,1-8H3/t20-,21-,24+,25?/m0/s1. The van der Waals surface area contributed by atoms with E-state index in [2.05, 4.69) is 45.1 Å². The molecule has 0 aliphatic carbocycles. The van der Waals surface area contributed by atoms with E-state index in [0.717, 1.165) is 36.7 Å². The third kappa shape index (κ3) is 7.87. The van der Waals surface area contributed by atoms with Crippen LogP contribution in [0.15, 0.2) is 23.2 Å². The molecule has 4 atom stereocenters. The highest BCUT2D eigenvalue weighted by molar-refractivity contribution is 5.83. The van der Waals surface area contributed by atoms with E-state index in [0.29, 0.717) is 31.0 Å². The minimum absolute atomic E-state index is 0.00429. The molecule has 2 rings (SSSR count). The summed E-state index contributed by atoms with van der Waals surface area (Å²) in [5, 5.41) is 3.59. The summed E-state index contributed by atoms with van der Waals surface area (Å²) in [4.78, 5) is 4.97. The fourth-order valence-electron chi connectivity index (χ4n) is 4.28. The molecular weight excluding hydrogens is 420 g/mol. The number of methoxy groups -OCH3 is 4. The Morgan fingerprint density at radius 3 is 2.30 bits per heavy atom. The van der Waals surface area contributed by atoms with Crippen molar-refractivity contribution in [2.45, 2.75) is 65.3 Å². The van der Waals surface area contributed by atoms with E-state index in [1.165, 1.54) is 5.56 Å². The van der Waals surface area contributed by atoms with Gasteiger partial charge in [0.1, 0.15) is 6.23 Å². The number of ether oxygens (including phenoxy) is 5. The maximum Gasteiger partial charge on any atom is 0.201 e. The summed E-state index contributed by atoms with van der Waals surface area (Å²) in [7, 11) is 6.82. The van der Waals surface area contributed by atoms with E-state index in [1.54, 1.807) is 28.4 Å². The highest BCUT2D eigenvalue weighted by Crippen LogP contribution is 2.32. The van der Waals surface area contributed by atoms with Crippen LogP contribution >= 0.6 is 0 Å². The zero-order chi connectivity index (χ0) is 24.4. The predicted octanol–water partition coefficient (Wildman–Crippen LogP) is 4.33. The average Bonchev–Trinajstić information content (AvgIpc) is 2.80. The lowest BCUT2D eigenvalue weighted by atomic mass is 9.83. The van der Waals surface area contributed by atoms with E-state index in [-0.39, 0.29) is 18.3 Å². The molecule has 0 fully saturated rings. The Morgan fingerprint density at radius 2 is 1.73 bits per heavy atom. The van der Waals surface area contributed by atoms with Gasteiger partial charge in [0.25, 0.3) is 0 Å². The van der Waals surface area contributed by atoms with Crippen LogP contribution in [0.4, 0.5) is 0 Å². The second-order valence-corrected chi connectivity index (χ2v) is 9.41. The topological polar surface area (TPSA) is 70.5 Å². The Morgan fingerprint density at radius 1 is 0.970 bits per heavy atom. The van der Waals surface area contributed by atoms with Crippen molar-refractivity contribution in [1.29, 1.82) is 0 Å². The summed E-state index contributed by atoms with van der Waals surface area (Å²) in [5.74, 6) is 3.57. The molecule has 1 heterocycles. The largest absolute Gasteiger partial charge is 0.493 e. The normalized spacial score (nSPS) is 21.8. The van der Waals surface area contributed by atoms with E-state index in [4.69, 9.17) is 28.7 Å². The zero-order valence-electron chi connectivity index (χ0n) is 21.7. The minimum Gasteiger partial charge on any atom is -0.493 e. The van der Waals surface area contributed by atoms with E-state index in [1.807, 2.05) is 6.07 Å². The van der Waals surface area contributed by atoms with Crippen LogP contribution in [0.1, 0.15) is 46.1 Å². The zero-order valence-corrected chi connectivity index (χ0v) is 21.7. The van der Waals surface area contributed by atoms with Gasteiger partial charge in [0.2, 0.25) is 5.90 Å². The monoisotopic (exact) mass is 464 g/mol. The van der Waals surface area contributed by atoms with Crippen LogP contribution in [-0.4, -0.2) is 65.9 Å². The smallest absolute Gasteiger partial charge is 0.201 e. The van der Waals surface area contributed by atoms with Crippen molar-refractivity contribution in [3.8, 4) is 11.5 Å². The second kappa shape index (κ2) is 13.8. The molecule has 0 spiro atoms. The Kier molecular flexibility index (Phi) is 11.4. The lowest BCUT2D eigenvalue weighted by Gasteiger charge is -2.37. The molecule has 0 bridgehead atoms. The summed E-state index contributed by atoms with van der Waals surface area (Å²) >= 11 is 0. The van der Waals surface area contributed by atoms with Gasteiger partial charge in [-0.1, -0.05) is 33.8 Å². The van der Waals surface area contributed by atoms with Crippen molar-refractivity contribution in [2.75, 3.05) is 41.7 Å². The van der Waals surface area contributed by atoms with Crippen LogP contribution in [0.2, 0.25) is 0 Å². The molecule has 0 amide bonds.